The first-order valence-electron chi connectivity index (χ1n) is 7.56. The summed E-state index contributed by atoms with van der Waals surface area (Å²) in [6.45, 7) is 2.68. The van der Waals surface area contributed by atoms with Crippen LogP contribution in [0.5, 0.6) is 0 Å². The van der Waals surface area contributed by atoms with Crippen molar-refractivity contribution in [3.05, 3.63) is 36.7 Å². The summed E-state index contributed by atoms with van der Waals surface area (Å²) in [6, 6.07) is 4.28. The molecule has 122 valence electrons. The van der Waals surface area contributed by atoms with Gasteiger partial charge in [-0.1, -0.05) is 0 Å². The third kappa shape index (κ3) is 3.17. The van der Waals surface area contributed by atoms with Gasteiger partial charge in [-0.15, -0.1) is 0 Å². The second-order valence-electron chi connectivity index (χ2n) is 5.50. The minimum absolute atomic E-state index is 0. The molecule has 0 atom stereocenters. The Morgan fingerprint density at radius 3 is 3.00 bits per heavy atom. The third-order valence-electron chi connectivity index (χ3n) is 3.98. The lowest BCUT2D eigenvalue weighted by Crippen LogP contribution is -2.36. The maximum atomic E-state index is 5.47. The van der Waals surface area contributed by atoms with Crippen molar-refractivity contribution in [1.29, 1.82) is 0 Å². The number of furan rings is 1. The molecule has 0 bridgehead atoms. The third-order valence-corrected chi connectivity index (χ3v) is 3.98. The van der Waals surface area contributed by atoms with Crippen LogP contribution >= 0.6 is 0 Å². The Morgan fingerprint density at radius 2 is 2.22 bits per heavy atom. The maximum Gasteiger partial charge on any atom is 0.205 e. The quantitative estimate of drug-likeness (QED) is 0.736. The summed E-state index contributed by atoms with van der Waals surface area (Å²) in [5.74, 6) is 1.71. The Morgan fingerprint density at radius 1 is 1.35 bits per heavy atom. The number of hydrogen-bond donors (Lipinski definition) is 2. The summed E-state index contributed by atoms with van der Waals surface area (Å²) >= 11 is 0. The number of fused-ring (bicyclic) bond motifs is 1. The van der Waals surface area contributed by atoms with Crippen LogP contribution in [0.25, 0.3) is 11.2 Å². The van der Waals surface area contributed by atoms with Crippen molar-refractivity contribution >= 4 is 17.1 Å². The van der Waals surface area contributed by atoms with Gasteiger partial charge in [0.2, 0.25) is 5.95 Å². The van der Waals surface area contributed by atoms with E-state index in [1.165, 1.54) is 0 Å². The molecule has 1 aliphatic rings. The van der Waals surface area contributed by atoms with Crippen LogP contribution in [0.15, 0.2) is 35.3 Å². The first kappa shape index (κ1) is 15.4. The molecule has 0 unspecified atom stereocenters. The van der Waals surface area contributed by atoms with Crippen molar-refractivity contribution in [2.24, 2.45) is 0 Å². The van der Waals surface area contributed by atoms with E-state index in [0.29, 0.717) is 12.6 Å². The van der Waals surface area contributed by atoms with Crippen LogP contribution in [-0.4, -0.2) is 44.1 Å². The SMILES string of the molecule is O.c1coc(Cn2c(NC3CCNCC3)nc3cncnc32)c1. The number of nitrogens with one attached hydrogen (secondary N) is 2. The molecule has 23 heavy (non-hydrogen) atoms. The summed E-state index contributed by atoms with van der Waals surface area (Å²) in [5, 5.41) is 6.93. The van der Waals surface area contributed by atoms with E-state index in [4.69, 9.17) is 4.42 Å². The van der Waals surface area contributed by atoms with Crippen molar-refractivity contribution < 1.29 is 9.89 Å². The normalized spacial score (nSPS) is 15.5. The average molecular weight is 316 g/mol. The molecule has 0 radical (unpaired) electrons. The van der Waals surface area contributed by atoms with Gasteiger partial charge >= 0.3 is 0 Å². The zero-order valence-corrected chi connectivity index (χ0v) is 12.7. The summed E-state index contributed by atoms with van der Waals surface area (Å²) in [7, 11) is 0. The van der Waals surface area contributed by atoms with Crippen LogP contribution in [0.1, 0.15) is 18.6 Å². The molecule has 0 saturated carbocycles. The molecular weight excluding hydrogens is 296 g/mol. The Balaban J connectivity index is 0.00000156. The number of aromatic nitrogens is 4. The number of nitrogens with zero attached hydrogens (tertiary/aromatic N) is 4. The second-order valence-corrected chi connectivity index (χ2v) is 5.50. The van der Waals surface area contributed by atoms with Gasteiger partial charge in [0.05, 0.1) is 19.0 Å². The lowest BCUT2D eigenvalue weighted by atomic mass is 10.1. The molecule has 1 fully saturated rings. The van der Waals surface area contributed by atoms with Crippen LogP contribution in [0.3, 0.4) is 0 Å². The van der Waals surface area contributed by atoms with Crippen molar-refractivity contribution in [3.63, 3.8) is 0 Å². The van der Waals surface area contributed by atoms with Crippen molar-refractivity contribution in [2.45, 2.75) is 25.4 Å². The molecule has 3 aromatic rings. The molecular formula is C15H20N6O2. The average Bonchev–Trinajstić information content (AvgIpc) is 3.18. The first-order chi connectivity index (χ1) is 10.9. The van der Waals surface area contributed by atoms with Crippen LogP contribution in [-0.2, 0) is 6.54 Å². The largest absolute Gasteiger partial charge is 0.467 e. The van der Waals surface area contributed by atoms with Gasteiger partial charge in [-0.3, -0.25) is 4.57 Å². The molecule has 4 N–H and O–H groups in total. The predicted molar refractivity (Wildman–Crippen MR) is 86.3 cm³/mol. The zero-order valence-electron chi connectivity index (χ0n) is 12.7. The monoisotopic (exact) mass is 316 g/mol. The van der Waals surface area contributed by atoms with E-state index in [2.05, 4.69) is 30.2 Å². The van der Waals surface area contributed by atoms with Gasteiger partial charge < -0.3 is 20.5 Å². The Kier molecular flexibility index (Phi) is 4.54. The highest BCUT2D eigenvalue weighted by atomic mass is 16.3. The van der Waals surface area contributed by atoms with E-state index < -0.39 is 0 Å². The number of hydrogen-bond acceptors (Lipinski definition) is 6. The Bertz CT molecular complexity index is 749. The maximum absolute atomic E-state index is 5.47. The number of rotatable bonds is 4. The highest BCUT2D eigenvalue weighted by Crippen LogP contribution is 2.21. The first-order valence-corrected chi connectivity index (χ1v) is 7.56. The summed E-state index contributed by atoms with van der Waals surface area (Å²) in [5.41, 5.74) is 1.62. The number of piperidine rings is 1. The summed E-state index contributed by atoms with van der Waals surface area (Å²) in [4.78, 5) is 13.1. The predicted octanol–water partition coefficient (Wildman–Crippen LogP) is 0.807. The molecule has 1 aliphatic heterocycles. The van der Waals surface area contributed by atoms with E-state index in [9.17, 15) is 0 Å². The topological polar surface area (TPSA) is 112 Å². The molecule has 0 aromatic carbocycles. The van der Waals surface area contributed by atoms with Crippen molar-refractivity contribution in [2.75, 3.05) is 18.4 Å². The molecule has 3 aromatic heterocycles. The van der Waals surface area contributed by atoms with E-state index in [-0.39, 0.29) is 5.48 Å². The fourth-order valence-electron chi connectivity index (χ4n) is 2.84. The Labute approximate surface area is 133 Å². The minimum Gasteiger partial charge on any atom is -0.467 e. The minimum atomic E-state index is 0. The highest BCUT2D eigenvalue weighted by Gasteiger charge is 2.18. The second kappa shape index (κ2) is 6.76. The van der Waals surface area contributed by atoms with Crippen molar-refractivity contribution in [3.8, 4) is 0 Å². The molecule has 8 heteroatoms. The van der Waals surface area contributed by atoms with E-state index >= 15 is 0 Å². The lowest BCUT2D eigenvalue weighted by Gasteiger charge is -2.24. The number of imidazole rings is 1. The molecule has 0 spiro atoms. The smallest absolute Gasteiger partial charge is 0.205 e. The highest BCUT2D eigenvalue weighted by molar-refractivity contribution is 5.73. The Hall–Kier alpha value is -2.45. The zero-order chi connectivity index (χ0) is 14.8. The summed E-state index contributed by atoms with van der Waals surface area (Å²) < 4.78 is 7.52. The molecule has 8 nitrogen and oxygen atoms in total. The van der Waals surface area contributed by atoms with Gasteiger partial charge in [-0.05, 0) is 38.1 Å². The van der Waals surface area contributed by atoms with E-state index in [1.54, 1.807) is 18.8 Å². The molecule has 0 amide bonds. The van der Waals surface area contributed by atoms with Gasteiger partial charge in [0, 0.05) is 6.04 Å². The molecule has 4 rings (SSSR count). The van der Waals surface area contributed by atoms with Gasteiger partial charge in [0.15, 0.2) is 5.65 Å². The fraction of sp³-hybridized carbons (Fsp3) is 0.400. The lowest BCUT2D eigenvalue weighted by molar-refractivity contribution is 0.471. The number of anilines is 1. The van der Waals surface area contributed by atoms with Gasteiger partial charge in [0.1, 0.15) is 17.6 Å². The molecule has 4 heterocycles. The fourth-order valence-corrected chi connectivity index (χ4v) is 2.84. The van der Waals surface area contributed by atoms with Crippen LogP contribution in [0.4, 0.5) is 5.95 Å². The molecule has 1 saturated heterocycles. The summed E-state index contributed by atoms with van der Waals surface area (Å²) in [6.07, 6.45) is 7.17. The molecule has 0 aliphatic carbocycles. The standard InChI is InChI=1S/C15H18N6O.H2O/c1-2-12(22-7-1)9-21-14-13(8-17-10-18-14)20-15(21)19-11-3-5-16-6-4-11;/h1-2,7-8,10-11,16H,3-6,9H2,(H,19,20);1H2. The van der Waals surface area contributed by atoms with Gasteiger partial charge in [-0.2, -0.15) is 0 Å². The van der Waals surface area contributed by atoms with Gasteiger partial charge in [-0.25, -0.2) is 15.0 Å². The van der Waals surface area contributed by atoms with Crippen LogP contribution < -0.4 is 10.6 Å². The van der Waals surface area contributed by atoms with E-state index in [0.717, 1.165) is 48.8 Å². The van der Waals surface area contributed by atoms with Gasteiger partial charge in [0.25, 0.3) is 0 Å². The van der Waals surface area contributed by atoms with Crippen molar-refractivity contribution in [1.82, 2.24) is 24.8 Å². The van der Waals surface area contributed by atoms with Crippen LogP contribution in [0.2, 0.25) is 0 Å². The van der Waals surface area contributed by atoms with Crippen LogP contribution in [0, 0.1) is 0 Å². The van der Waals surface area contributed by atoms with E-state index in [1.807, 2.05) is 12.1 Å².